The maximum absolute atomic E-state index is 11.9. The SMILES string of the molecule is CCCCCCCCCCCCCC(CCC)C(C=O)CCCCCCCCCCCCCCCC(C=O)CC. The van der Waals surface area contributed by atoms with Crippen molar-refractivity contribution in [2.45, 2.75) is 213 Å². The molecular weight excluding hydrogens is 488 g/mol. The van der Waals surface area contributed by atoms with Gasteiger partial charge in [-0.3, -0.25) is 0 Å². The predicted molar refractivity (Wildman–Crippen MR) is 178 cm³/mol. The molecule has 0 N–H and O–H groups in total. The van der Waals surface area contributed by atoms with Crippen LogP contribution in [0.25, 0.3) is 0 Å². The van der Waals surface area contributed by atoms with E-state index in [1.54, 1.807) is 0 Å². The highest BCUT2D eigenvalue weighted by molar-refractivity contribution is 5.54. The Bertz CT molecular complexity index is 502. The lowest BCUT2D eigenvalue weighted by atomic mass is 9.82. The van der Waals surface area contributed by atoms with Crippen LogP contribution in [0, 0.1) is 17.8 Å². The molecule has 0 amide bonds. The lowest BCUT2D eigenvalue weighted by Gasteiger charge is -2.22. The largest absolute Gasteiger partial charge is 0.303 e. The summed E-state index contributed by atoms with van der Waals surface area (Å²) in [6.07, 6.45) is 42.3. The van der Waals surface area contributed by atoms with Gasteiger partial charge in [0.05, 0.1) is 0 Å². The lowest BCUT2D eigenvalue weighted by Crippen LogP contribution is -2.16. The fourth-order valence-electron chi connectivity index (χ4n) is 6.53. The Labute approximate surface area is 253 Å². The van der Waals surface area contributed by atoms with Gasteiger partial charge in [0.15, 0.2) is 0 Å². The Kier molecular flexibility index (Phi) is 32.3. The summed E-state index contributed by atoms with van der Waals surface area (Å²) in [5.41, 5.74) is 0. The van der Waals surface area contributed by atoms with E-state index in [0.717, 1.165) is 25.5 Å². The minimum atomic E-state index is 0.300. The van der Waals surface area contributed by atoms with Gasteiger partial charge in [0.2, 0.25) is 0 Å². The molecule has 0 aromatic heterocycles. The van der Waals surface area contributed by atoms with Crippen LogP contribution in [0.4, 0.5) is 0 Å². The number of hydrogen-bond acceptors (Lipinski definition) is 2. The maximum Gasteiger partial charge on any atom is 0.123 e. The van der Waals surface area contributed by atoms with Gasteiger partial charge in [0.25, 0.3) is 0 Å². The number of hydrogen-bond donors (Lipinski definition) is 0. The van der Waals surface area contributed by atoms with Crippen LogP contribution in [0.5, 0.6) is 0 Å². The fourth-order valence-corrected chi connectivity index (χ4v) is 6.53. The van der Waals surface area contributed by atoms with E-state index in [1.807, 2.05) is 0 Å². The predicted octanol–water partition coefficient (Wildman–Crippen LogP) is 13.0. The summed E-state index contributed by atoms with van der Waals surface area (Å²) in [7, 11) is 0. The quantitative estimate of drug-likeness (QED) is 0.0577. The molecule has 0 heterocycles. The number of carbonyl (C=O) groups is 2. The molecule has 3 unspecified atom stereocenters. The minimum absolute atomic E-state index is 0.300. The van der Waals surface area contributed by atoms with E-state index in [-0.39, 0.29) is 0 Å². The van der Waals surface area contributed by atoms with Gasteiger partial charge >= 0.3 is 0 Å². The zero-order chi connectivity index (χ0) is 29.4. The van der Waals surface area contributed by atoms with Crippen molar-refractivity contribution in [3.8, 4) is 0 Å². The normalized spacial score (nSPS) is 13.8. The summed E-state index contributed by atoms with van der Waals surface area (Å²) < 4.78 is 0. The fraction of sp³-hybridized carbons (Fsp3) is 0.947. The van der Waals surface area contributed by atoms with Crippen LogP contribution in [0.1, 0.15) is 213 Å². The van der Waals surface area contributed by atoms with Gasteiger partial charge in [-0.15, -0.1) is 0 Å². The highest BCUT2D eigenvalue weighted by Crippen LogP contribution is 2.28. The van der Waals surface area contributed by atoms with E-state index >= 15 is 0 Å². The standard InChI is InChI=1S/C38H74O2/c1-4-7-8-9-10-11-15-19-22-25-28-32-37(30-5-2)38(35-40)33-29-26-23-20-17-14-12-13-16-18-21-24-27-31-36(6-3)34-39/h34-38H,4-33H2,1-3H3. The molecule has 0 saturated heterocycles. The maximum atomic E-state index is 11.9. The molecule has 40 heavy (non-hydrogen) atoms. The minimum Gasteiger partial charge on any atom is -0.303 e. The Balaban J connectivity index is 3.65. The van der Waals surface area contributed by atoms with Crippen LogP contribution in [0.15, 0.2) is 0 Å². The summed E-state index contributed by atoms with van der Waals surface area (Å²) in [6.45, 7) is 6.70. The second kappa shape index (κ2) is 32.8. The number of aldehydes is 2. The number of unbranched alkanes of at least 4 members (excludes halogenated alkanes) is 22. The molecule has 3 atom stereocenters. The highest BCUT2D eigenvalue weighted by Gasteiger charge is 2.19. The molecule has 0 aromatic carbocycles. The van der Waals surface area contributed by atoms with Crippen LogP contribution < -0.4 is 0 Å². The van der Waals surface area contributed by atoms with E-state index in [9.17, 15) is 9.59 Å². The third-order valence-corrected chi connectivity index (χ3v) is 9.45. The van der Waals surface area contributed by atoms with Gasteiger partial charge in [0, 0.05) is 11.8 Å². The average molecular weight is 563 g/mol. The molecule has 238 valence electrons. The van der Waals surface area contributed by atoms with E-state index in [0.29, 0.717) is 17.8 Å². The van der Waals surface area contributed by atoms with Crippen LogP contribution in [-0.4, -0.2) is 12.6 Å². The van der Waals surface area contributed by atoms with Gasteiger partial charge in [0.1, 0.15) is 12.6 Å². The van der Waals surface area contributed by atoms with E-state index < -0.39 is 0 Å². The first-order valence-corrected chi connectivity index (χ1v) is 18.6. The Morgan fingerprint density at radius 3 is 1.10 bits per heavy atom. The van der Waals surface area contributed by atoms with Gasteiger partial charge in [-0.1, -0.05) is 188 Å². The summed E-state index contributed by atoms with van der Waals surface area (Å²) in [4.78, 5) is 22.8. The van der Waals surface area contributed by atoms with E-state index in [2.05, 4.69) is 20.8 Å². The highest BCUT2D eigenvalue weighted by atomic mass is 16.1. The first-order valence-electron chi connectivity index (χ1n) is 18.6. The molecule has 0 aromatic rings. The van der Waals surface area contributed by atoms with Crippen molar-refractivity contribution in [2.75, 3.05) is 0 Å². The third kappa shape index (κ3) is 26.3. The van der Waals surface area contributed by atoms with E-state index in [1.165, 1.54) is 180 Å². The van der Waals surface area contributed by atoms with Crippen molar-refractivity contribution < 1.29 is 9.59 Å². The second-order valence-electron chi connectivity index (χ2n) is 13.2. The molecule has 0 bridgehead atoms. The summed E-state index contributed by atoms with van der Waals surface area (Å²) >= 11 is 0. The van der Waals surface area contributed by atoms with Crippen molar-refractivity contribution >= 4 is 12.6 Å². The van der Waals surface area contributed by atoms with Crippen molar-refractivity contribution in [3.05, 3.63) is 0 Å². The molecule has 0 fully saturated rings. The number of carbonyl (C=O) groups excluding carboxylic acids is 2. The monoisotopic (exact) mass is 563 g/mol. The molecule has 0 rings (SSSR count). The zero-order valence-corrected chi connectivity index (χ0v) is 27.9. The molecule has 0 aliphatic heterocycles. The molecule has 2 nitrogen and oxygen atoms in total. The number of rotatable bonds is 34. The molecule has 0 aliphatic rings. The van der Waals surface area contributed by atoms with Crippen LogP contribution >= 0.6 is 0 Å². The molecule has 0 radical (unpaired) electrons. The smallest absolute Gasteiger partial charge is 0.123 e. The summed E-state index contributed by atoms with van der Waals surface area (Å²) in [5.74, 6) is 1.24. The van der Waals surface area contributed by atoms with Gasteiger partial charge < -0.3 is 9.59 Å². The Morgan fingerprint density at radius 1 is 0.375 bits per heavy atom. The van der Waals surface area contributed by atoms with Crippen LogP contribution in [0.3, 0.4) is 0 Å². The van der Waals surface area contributed by atoms with Crippen LogP contribution in [-0.2, 0) is 9.59 Å². The molecule has 0 saturated carbocycles. The van der Waals surface area contributed by atoms with Gasteiger partial charge in [-0.05, 0) is 31.6 Å². The Hall–Kier alpha value is -0.660. The van der Waals surface area contributed by atoms with E-state index in [4.69, 9.17) is 0 Å². The third-order valence-electron chi connectivity index (χ3n) is 9.45. The molecule has 0 spiro atoms. The second-order valence-corrected chi connectivity index (χ2v) is 13.2. The summed E-state index contributed by atoms with van der Waals surface area (Å²) in [6, 6.07) is 0. The van der Waals surface area contributed by atoms with Crippen molar-refractivity contribution in [2.24, 2.45) is 17.8 Å². The van der Waals surface area contributed by atoms with Gasteiger partial charge in [-0.2, -0.15) is 0 Å². The summed E-state index contributed by atoms with van der Waals surface area (Å²) in [5, 5.41) is 0. The van der Waals surface area contributed by atoms with Crippen molar-refractivity contribution in [1.29, 1.82) is 0 Å². The Morgan fingerprint density at radius 2 is 0.750 bits per heavy atom. The topological polar surface area (TPSA) is 34.1 Å². The van der Waals surface area contributed by atoms with Crippen molar-refractivity contribution in [1.82, 2.24) is 0 Å². The molecule has 0 aliphatic carbocycles. The molecule has 2 heteroatoms. The van der Waals surface area contributed by atoms with Crippen molar-refractivity contribution in [3.63, 3.8) is 0 Å². The molecular formula is C38H74O2. The van der Waals surface area contributed by atoms with Crippen LogP contribution in [0.2, 0.25) is 0 Å². The zero-order valence-electron chi connectivity index (χ0n) is 27.9. The first kappa shape index (κ1) is 39.3. The lowest BCUT2D eigenvalue weighted by molar-refractivity contribution is -0.113. The van der Waals surface area contributed by atoms with Gasteiger partial charge in [-0.25, -0.2) is 0 Å². The first-order chi connectivity index (χ1) is 19.7. The average Bonchev–Trinajstić information content (AvgIpc) is 2.97.